The van der Waals surface area contributed by atoms with Crippen molar-refractivity contribution >= 4 is 23.4 Å². The van der Waals surface area contributed by atoms with Gasteiger partial charge >= 0.3 is 0 Å². The van der Waals surface area contributed by atoms with E-state index >= 15 is 0 Å². The third-order valence-corrected chi connectivity index (χ3v) is 6.62. The summed E-state index contributed by atoms with van der Waals surface area (Å²) < 4.78 is 19.7. The molecule has 1 heterocycles. The van der Waals surface area contributed by atoms with Gasteiger partial charge in [-0.1, -0.05) is 38.1 Å². The number of hydrazone groups is 1. The van der Waals surface area contributed by atoms with Crippen LogP contribution >= 0.6 is 11.8 Å². The molecule has 4 rings (SSSR count). The zero-order valence-electron chi connectivity index (χ0n) is 19.0. The summed E-state index contributed by atoms with van der Waals surface area (Å²) in [5, 5.41) is 4.29. The molecule has 1 aliphatic heterocycles. The number of halogens is 1. The van der Waals surface area contributed by atoms with Gasteiger partial charge < -0.3 is 4.74 Å². The number of amides is 1. The molecule has 1 aliphatic rings. The Labute approximate surface area is 198 Å². The van der Waals surface area contributed by atoms with Crippen LogP contribution in [0.5, 0.6) is 5.75 Å². The van der Waals surface area contributed by atoms with E-state index in [1.165, 1.54) is 17.7 Å². The molecule has 0 saturated heterocycles. The zero-order chi connectivity index (χ0) is 23.4. The third-order valence-electron chi connectivity index (χ3n) is 5.54. The molecule has 4 nitrogen and oxygen atoms in total. The van der Waals surface area contributed by atoms with E-state index in [4.69, 9.17) is 4.74 Å². The van der Waals surface area contributed by atoms with E-state index in [0.29, 0.717) is 30.2 Å². The Balaban J connectivity index is 1.40. The van der Waals surface area contributed by atoms with Crippen molar-refractivity contribution in [3.05, 3.63) is 94.3 Å². The maximum atomic E-state index is 13.7. The smallest absolute Gasteiger partial charge is 0.271 e. The Morgan fingerprint density at radius 2 is 1.91 bits per heavy atom. The summed E-state index contributed by atoms with van der Waals surface area (Å²) in [5.41, 5.74) is 7.88. The molecular weight excluding hydrogens is 435 g/mol. The van der Waals surface area contributed by atoms with Gasteiger partial charge in [0.15, 0.2) is 0 Å². The van der Waals surface area contributed by atoms with Crippen molar-refractivity contribution in [1.82, 2.24) is 5.43 Å². The summed E-state index contributed by atoms with van der Waals surface area (Å²) in [7, 11) is 0. The molecule has 0 radical (unpaired) electrons. The van der Waals surface area contributed by atoms with Gasteiger partial charge in [-0.2, -0.15) is 5.10 Å². The minimum absolute atomic E-state index is 0.299. The number of rotatable bonds is 6. The standard InChI is InChI=1S/C27H27FN2O2S/c1-17(2)22-10-4-18(3)14-25(22)32-16-19-5-7-20(8-6-19)27(31)30-29-24-12-13-33-26-11-9-21(28)15-23(24)26/h4-11,14-15,17H,12-13,16H2,1-3H3,(H,30,31)/b29-24-. The lowest BCUT2D eigenvalue weighted by atomic mass is 10.0. The number of benzene rings is 3. The molecule has 3 aromatic carbocycles. The van der Waals surface area contributed by atoms with Crippen LogP contribution in [-0.2, 0) is 6.61 Å². The van der Waals surface area contributed by atoms with Crippen LogP contribution in [0, 0.1) is 12.7 Å². The molecule has 0 aliphatic carbocycles. The van der Waals surface area contributed by atoms with Gasteiger partial charge in [0.05, 0.1) is 5.71 Å². The molecule has 0 unspecified atom stereocenters. The van der Waals surface area contributed by atoms with Crippen LogP contribution in [0.15, 0.2) is 70.7 Å². The van der Waals surface area contributed by atoms with Gasteiger partial charge in [-0.15, -0.1) is 11.8 Å². The summed E-state index contributed by atoms with van der Waals surface area (Å²) in [6, 6.07) is 18.2. The molecule has 0 fully saturated rings. The second-order valence-electron chi connectivity index (χ2n) is 8.42. The number of fused-ring (bicyclic) bond motifs is 1. The summed E-state index contributed by atoms with van der Waals surface area (Å²) in [4.78, 5) is 13.6. The van der Waals surface area contributed by atoms with Crippen LogP contribution in [-0.4, -0.2) is 17.4 Å². The first-order chi connectivity index (χ1) is 15.9. The number of thioether (sulfide) groups is 1. The van der Waals surface area contributed by atoms with E-state index in [1.807, 2.05) is 12.1 Å². The van der Waals surface area contributed by atoms with E-state index in [0.717, 1.165) is 33.1 Å². The average molecular weight is 463 g/mol. The van der Waals surface area contributed by atoms with Crippen LogP contribution in [0.4, 0.5) is 4.39 Å². The van der Waals surface area contributed by atoms with E-state index in [2.05, 4.69) is 49.5 Å². The van der Waals surface area contributed by atoms with Crippen molar-refractivity contribution in [2.75, 3.05) is 5.75 Å². The Kier molecular flexibility index (Phi) is 7.14. The number of aryl methyl sites for hydroxylation is 1. The first-order valence-corrected chi connectivity index (χ1v) is 12.0. The number of nitrogens with one attached hydrogen (secondary N) is 1. The van der Waals surface area contributed by atoms with Gasteiger partial charge in [0, 0.05) is 28.2 Å². The van der Waals surface area contributed by atoms with Crippen LogP contribution in [0.3, 0.4) is 0 Å². The first-order valence-electron chi connectivity index (χ1n) is 11.0. The predicted octanol–water partition coefficient (Wildman–Crippen LogP) is 6.47. The topological polar surface area (TPSA) is 50.7 Å². The summed E-state index contributed by atoms with van der Waals surface area (Å²) in [6.07, 6.45) is 0.676. The maximum Gasteiger partial charge on any atom is 0.271 e. The molecule has 170 valence electrons. The zero-order valence-corrected chi connectivity index (χ0v) is 19.8. The Hall–Kier alpha value is -3.12. The van der Waals surface area contributed by atoms with Crippen molar-refractivity contribution in [2.45, 2.75) is 44.6 Å². The quantitative estimate of drug-likeness (QED) is 0.427. The predicted molar refractivity (Wildman–Crippen MR) is 132 cm³/mol. The highest BCUT2D eigenvalue weighted by molar-refractivity contribution is 7.99. The average Bonchev–Trinajstić information content (AvgIpc) is 2.81. The van der Waals surface area contributed by atoms with Crippen molar-refractivity contribution in [2.24, 2.45) is 5.10 Å². The van der Waals surface area contributed by atoms with Crippen LogP contribution in [0.2, 0.25) is 0 Å². The lowest BCUT2D eigenvalue weighted by Crippen LogP contribution is -2.21. The fourth-order valence-electron chi connectivity index (χ4n) is 3.70. The summed E-state index contributed by atoms with van der Waals surface area (Å²) in [6.45, 7) is 6.77. The minimum atomic E-state index is -0.306. The molecule has 0 spiro atoms. The SMILES string of the molecule is Cc1ccc(C(C)C)c(OCc2ccc(C(=O)N/N=C3/CCSc4ccc(F)cc43)cc2)c1. The molecule has 0 saturated carbocycles. The molecule has 6 heteroatoms. The summed E-state index contributed by atoms with van der Waals surface area (Å²) in [5.74, 6) is 1.51. The third kappa shape index (κ3) is 5.63. The highest BCUT2D eigenvalue weighted by Gasteiger charge is 2.17. The summed E-state index contributed by atoms with van der Waals surface area (Å²) >= 11 is 1.67. The number of carbonyl (C=O) groups excluding carboxylic acids is 1. The molecule has 0 atom stereocenters. The van der Waals surface area contributed by atoms with Gasteiger partial charge in [0.25, 0.3) is 5.91 Å². The van der Waals surface area contributed by atoms with Crippen molar-refractivity contribution in [1.29, 1.82) is 0 Å². The Bertz CT molecular complexity index is 1190. The van der Waals surface area contributed by atoms with Crippen LogP contribution < -0.4 is 10.2 Å². The van der Waals surface area contributed by atoms with E-state index in [1.54, 1.807) is 30.0 Å². The molecule has 1 N–H and O–H groups in total. The normalized spacial score (nSPS) is 14.3. The number of hydrogen-bond donors (Lipinski definition) is 1. The lowest BCUT2D eigenvalue weighted by Gasteiger charge is -2.17. The van der Waals surface area contributed by atoms with Crippen molar-refractivity contribution in [3.63, 3.8) is 0 Å². The molecule has 1 amide bonds. The fraction of sp³-hybridized carbons (Fsp3) is 0.259. The number of hydrogen-bond acceptors (Lipinski definition) is 4. The van der Waals surface area contributed by atoms with Gasteiger partial charge in [-0.05, 0) is 65.9 Å². The minimum Gasteiger partial charge on any atom is -0.489 e. The second-order valence-corrected chi connectivity index (χ2v) is 9.56. The van der Waals surface area contributed by atoms with Crippen LogP contribution in [0.25, 0.3) is 0 Å². The maximum absolute atomic E-state index is 13.7. The molecule has 0 aromatic heterocycles. The van der Waals surface area contributed by atoms with Crippen molar-refractivity contribution in [3.8, 4) is 5.75 Å². The van der Waals surface area contributed by atoms with Crippen LogP contribution in [0.1, 0.15) is 58.8 Å². The van der Waals surface area contributed by atoms with Gasteiger partial charge in [-0.25, -0.2) is 9.82 Å². The number of ether oxygens (including phenoxy) is 1. The van der Waals surface area contributed by atoms with E-state index in [-0.39, 0.29) is 11.7 Å². The molecular formula is C27H27FN2O2S. The van der Waals surface area contributed by atoms with Gasteiger partial charge in [-0.3, -0.25) is 4.79 Å². The highest BCUT2D eigenvalue weighted by Crippen LogP contribution is 2.31. The largest absolute Gasteiger partial charge is 0.489 e. The molecule has 3 aromatic rings. The Morgan fingerprint density at radius 3 is 2.67 bits per heavy atom. The Morgan fingerprint density at radius 1 is 1.12 bits per heavy atom. The first kappa shape index (κ1) is 23.1. The van der Waals surface area contributed by atoms with E-state index in [9.17, 15) is 9.18 Å². The molecule has 33 heavy (non-hydrogen) atoms. The highest BCUT2D eigenvalue weighted by atomic mass is 32.2. The monoisotopic (exact) mass is 462 g/mol. The number of carbonyl (C=O) groups is 1. The lowest BCUT2D eigenvalue weighted by molar-refractivity contribution is 0.0954. The fourth-order valence-corrected chi connectivity index (χ4v) is 4.71. The second kappa shape index (κ2) is 10.2. The van der Waals surface area contributed by atoms with E-state index < -0.39 is 0 Å². The van der Waals surface area contributed by atoms with Gasteiger partial charge in [0.1, 0.15) is 18.2 Å². The molecule has 0 bridgehead atoms. The van der Waals surface area contributed by atoms with Crippen molar-refractivity contribution < 1.29 is 13.9 Å². The van der Waals surface area contributed by atoms with Gasteiger partial charge in [0.2, 0.25) is 0 Å². The number of nitrogens with zero attached hydrogens (tertiary/aromatic N) is 1.